The van der Waals surface area contributed by atoms with Crippen molar-refractivity contribution in [3.63, 3.8) is 0 Å². The Morgan fingerprint density at radius 2 is 1.76 bits per heavy atom. The van der Waals surface area contributed by atoms with Crippen LogP contribution in [-0.4, -0.2) is 20.0 Å². The minimum absolute atomic E-state index is 0.0635. The largest absolute Gasteiger partial charge is 0.293 e. The molecule has 0 amide bonds. The van der Waals surface area contributed by atoms with Crippen LogP contribution < -0.4 is 0 Å². The molecule has 2 aromatic carbocycles. The second-order valence-electron chi connectivity index (χ2n) is 4.69. The summed E-state index contributed by atoms with van der Waals surface area (Å²) < 4.78 is 24.4. The molecule has 0 radical (unpaired) electrons. The predicted molar refractivity (Wildman–Crippen MR) is 83.7 cm³/mol. The van der Waals surface area contributed by atoms with Gasteiger partial charge in [-0.1, -0.05) is 48.9 Å². The van der Waals surface area contributed by atoms with Gasteiger partial charge in [-0.25, -0.2) is 8.42 Å². The number of rotatable bonds is 5. The molecule has 0 spiro atoms. The van der Waals surface area contributed by atoms with Crippen molar-refractivity contribution in [1.82, 2.24) is 0 Å². The Bertz CT molecular complexity index is 749. The number of ketones is 1. The number of hydrogen-bond acceptors (Lipinski definition) is 3. The normalized spacial score (nSPS) is 11.3. The lowest BCUT2D eigenvalue weighted by atomic mass is 10.1. The maximum Gasteiger partial charge on any atom is 0.185 e. The lowest BCUT2D eigenvalue weighted by Gasteiger charge is -2.05. The number of sulfone groups is 1. The number of hydrogen-bond donors (Lipinski definition) is 0. The molecule has 110 valence electrons. The molecule has 0 aromatic heterocycles. The molecule has 0 N–H and O–H groups in total. The van der Waals surface area contributed by atoms with Crippen molar-refractivity contribution < 1.29 is 13.2 Å². The fourth-order valence-corrected chi connectivity index (χ4v) is 3.45. The van der Waals surface area contributed by atoms with Crippen LogP contribution in [0.2, 0.25) is 5.02 Å². The van der Waals surface area contributed by atoms with Crippen molar-refractivity contribution in [2.24, 2.45) is 0 Å². The molecule has 2 aromatic rings. The number of benzene rings is 2. The molecule has 0 aliphatic heterocycles. The van der Waals surface area contributed by atoms with E-state index in [-0.39, 0.29) is 4.90 Å². The topological polar surface area (TPSA) is 51.2 Å². The zero-order chi connectivity index (χ0) is 15.5. The molecular weight excluding hydrogens is 308 g/mol. The summed E-state index contributed by atoms with van der Waals surface area (Å²) in [6.45, 7) is 2.01. The van der Waals surface area contributed by atoms with Gasteiger partial charge in [-0.2, -0.15) is 0 Å². The minimum Gasteiger partial charge on any atom is -0.293 e. The quantitative estimate of drug-likeness (QED) is 0.791. The van der Waals surface area contributed by atoms with E-state index in [9.17, 15) is 13.2 Å². The van der Waals surface area contributed by atoms with Gasteiger partial charge in [0.15, 0.2) is 15.6 Å². The highest BCUT2D eigenvalue weighted by atomic mass is 35.5. The van der Waals surface area contributed by atoms with Gasteiger partial charge in [0.1, 0.15) is 5.75 Å². The molecule has 0 aliphatic rings. The van der Waals surface area contributed by atoms with E-state index < -0.39 is 21.4 Å². The lowest BCUT2D eigenvalue weighted by Crippen LogP contribution is -2.16. The molecule has 3 nitrogen and oxygen atoms in total. The highest BCUT2D eigenvalue weighted by Gasteiger charge is 2.20. The van der Waals surface area contributed by atoms with Gasteiger partial charge in [-0.3, -0.25) is 4.79 Å². The average molecular weight is 323 g/mol. The maximum absolute atomic E-state index is 12.2. The van der Waals surface area contributed by atoms with Crippen molar-refractivity contribution in [3.8, 4) is 0 Å². The molecule has 0 saturated carbocycles. The van der Waals surface area contributed by atoms with Gasteiger partial charge in [0, 0.05) is 10.6 Å². The van der Waals surface area contributed by atoms with E-state index in [1.807, 2.05) is 19.1 Å². The fourth-order valence-electron chi connectivity index (χ4n) is 1.93. The molecule has 2 rings (SSSR count). The van der Waals surface area contributed by atoms with E-state index in [1.54, 1.807) is 24.3 Å². The Morgan fingerprint density at radius 1 is 1.10 bits per heavy atom. The van der Waals surface area contributed by atoms with Crippen LogP contribution in [0.15, 0.2) is 53.4 Å². The molecule has 0 aliphatic carbocycles. The molecule has 0 atom stereocenters. The van der Waals surface area contributed by atoms with Gasteiger partial charge in [-0.05, 0) is 30.2 Å². The summed E-state index contributed by atoms with van der Waals surface area (Å²) in [7, 11) is -3.68. The van der Waals surface area contributed by atoms with E-state index in [0.717, 1.165) is 12.0 Å². The Kier molecular flexibility index (Phi) is 4.80. The monoisotopic (exact) mass is 322 g/mol. The molecule has 21 heavy (non-hydrogen) atoms. The van der Waals surface area contributed by atoms with E-state index in [0.29, 0.717) is 10.6 Å². The summed E-state index contributed by atoms with van der Waals surface area (Å²) in [4.78, 5) is 12.2. The van der Waals surface area contributed by atoms with Gasteiger partial charge in [0.2, 0.25) is 0 Å². The van der Waals surface area contributed by atoms with Crippen LogP contribution >= 0.6 is 11.6 Å². The summed E-state index contributed by atoms with van der Waals surface area (Å²) in [5.41, 5.74) is 1.50. The highest BCUT2D eigenvalue weighted by Crippen LogP contribution is 2.18. The van der Waals surface area contributed by atoms with Crippen LogP contribution in [0.3, 0.4) is 0 Å². The first-order valence-electron chi connectivity index (χ1n) is 6.53. The maximum atomic E-state index is 12.2. The van der Waals surface area contributed by atoms with E-state index >= 15 is 0 Å². The number of aryl methyl sites for hydroxylation is 1. The van der Waals surface area contributed by atoms with E-state index in [4.69, 9.17) is 11.6 Å². The van der Waals surface area contributed by atoms with Gasteiger partial charge in [-0.15, -0.1) is 0 Å². The van der Waals surface area contributed by atoms with Crippen LogP contribution in [0.5, 0.6) is 0 Å². The summed E-state index contributed by atoms with van der Waals surface area (Å²) in [5, 5.41) is 0.329. The Hall–Kier alpha value is -1.65. The fraction of sp³-hybridized carbons (Fsp3) is 0.188. The number of halogens is 1. The van der Waals surface area contributed by atoms with Crippen molar-refractivity contribution in [1.29, 1.82) is 0 Å². The summed E-state index contributed by atoms with van der Waals surface area (Å²) in [6, 6.07) is 12.9. The minimum atomic E-state index is -3.68. The van der Waals surface area contributed by atoms with Crippen LogP contribution in [0, 0.1) is 0 Å². The van der Waals surface area contributed by atoms with E-state index in [2.05, 4.69) is 0 Å². The first-order valence-corrected chi connectivity index (χ1v) is 8.56. The zero-order valence-corrected chi connectivity index (χ0v) is 13.1. The second-order valence-corrected chi connectivity index (χ2v) is 7.12. The Morgan fingerprint density at radius 3 is 2.33 bits per heavy atom. The zero-order valence-electron chi connectivity index (χ0n) is 11.5. The second kappa shape index (κ2) is 6.41. The van der Waals surface area contributed by atoms with Crippen molar-refractivity contribution >= 4 is 27.2 Å². The third kappa shape index (κ3) is 3.93. The molecule has 0 bridgehead atoms. The third-order valence-corrected chi connectivity index (χ3v) is 5.01. The van der Waals surface area contributed by atoms with Crippen molar-refractivity contribution in [3.05, 3.63) is 64.7 Å². The standard InChI is InChI=1S/C16H15ClO3S/c1-2-12-6-8-13(9-7-12)16(18)11-21(19,20)15-5-3-4-14(17)10-15/h3-10H,2,11H2,1H3. The van der Waals surface area contributed by atoms with Gasteiger partial charge in [0.05, 0.1) is 4.90 Å². The van der Waals surface area contributed by atoms with Crippen LogP contribution in [0.25, 0.3) is 0 Å². The molecule has 0 fully saturated rings. The van der Waals surface area contributed by atoms with Crippen LogP contribution in [0.4, 0.5) is 0 Å². The van der Waals surface area contributed by atoms with Crippen molar-refractivity contribution in [2.45, 2.75) is 18.2 Å². The first-order chi connectivity index (χ1) is 9.92. The Labute approximate surface area is 129 Å². The lowest BCUT2D eigenvalue weighted by molar-refractivity contribution is 0.102. The van der Waals surface area contributed by atoms with Crippen LogP contribution in [0.1, 0.15) is 22.8 Å². The summed E-state index contributed by atoms with van der Waals surface area (Å²) in [6.07, 6.45) is 0.870. The van der Waals surface area contributed by atoms with Gasteiger partial charge in [0.25, 0.3) is 0 Å². The molecule has 0 unspecified atom stereocenters. The molecule has 0 heterocycles. The SMILES string of the molecule is CCc1ccc(C(=O)CS(=O)(=O)c2cccc(Cl)c2)cc1. The first kappa shape index (κ1) is 15.7. The Balaban J connectivity index is 2.21. The van der Waals surface area contributed by atoms with Gasteiger partial charge >= 0.3 is 0 Å². The van der Waals surface area contributed by atoms with Crippen LogP contribution in [-0.2, 0) is 16.3 Å². The van der Waals surface area contributed by atoms with E-state index in [1.165, 1.54) is 12.1 Å². The summed E-state index contributed by atoms with van der Waals surface area (Å²) >= 11 is 5.79. The molecule has 5 heteroatoms. The van der Waals surface area contributed by atoms with Gasteiger partial charge < -0.3 is 0 Å². The predicted octanol–water partition coefficient (Wildman–Crippen LogP) is 3.56. The average Bonchev–Trinajstić information content (AvgIpc) is 2.47. The highest BCUT2D eigenvalue weighted by molar-refractivity contribution is 7.92. The molecule has 0 saturated heterocycles. The van der Waals surface area contributed by atoms with Crippen molar-refractivity contribution in [2.75, 3.05) is 5.75 Å². The molecular formula is C16H15ClO3S. The number of carbonyl (C=O) groups is 1. The third-order valence-electron chi connectivity index (χ3n) is 3.16. The summed E-state index contributed by atoms with van der Waals surface area (Å²) in [5.74, 6) is -0.976. The smallest absolute Gasteiger partial charge is 0.185 e. The number of Topliss-reactive ketones (excluding diaryl/α,β-unsaturated/α-hetero) is 1. The number of carbonyl (C=O) groups excluding carboxylic acids is 1.